The van der Waals surface area contributed by atoms with Crippen molar-refractivity contribution < 1.29 is 4.79 Å². The molecule has 5 nitrogen and oxygen atoms in total. The third-order valence-corrected chi connectivity index (χ3v) is 4.24. The number of nitrogens with zero attached hydrogens (tertiary/aromatic N) is 3. The normalized spacial score (nSPS) is 11.2. The second-order valence-corrected chi connectivity index (χ2v) is 5.92. The Labute approximate surface area is 138 Å². The van der Waals surface area contributed by atoms with E-state index in [1.54, 1.807) is 12.1 Å². The molecule has 2 aromatic carbocycles. The van der Waals surface area contributed by atoms with Gasteiger partial charge in [-0.15, -0.1) is 0 Å². The number of fused-ring (bicyclic) bond motifs is 3. The van der Waals surface area contributed by atoms with Crippen molar-refractivity contribution in [2.75, 3.05) is 0 Å². The zero-order chi connectivity index (χ0) is 16.8. The van der Waals surface area contributed by atoms with Gasteiger partial charge in [0.15, 0.2) is 0 Å². The van der Waals surface area contributed by atoms with E-state index >= 15 is 0 Å². The maximum atomic E-state index is 11.5. The Morgan fingerprint density at radius 1 is 1.04 bits per heavy atom. The Balaban J connectivity index is 2.11. The number of rotatable bonds is 2. The molecule has 0 aliphatic heterocycles. The molecular weight excluding hydrogens is 300 g/mol. The number of benzene rings is 2. The van der Waals surface area contributed by atoms with Crippen LogP contribution >= 0.6 is 0 Å². The van der Waals surface area contributed by atoms with Crippen LogP contribution in [0.4, 0.5) is 0 Å². The second-order valence-electron chi connectivity index (χ2n) is 5.92. The Hall–Kier alpha value is -3.21. The average Bonchev–Trinajstić information content (AvgIpc) is 2.96. The van der Waals surface area contributed by atoms with Crippen LogP contribution < -0.4 is 5.73 Å². The van der Waals surface area contributed by atoms with Crippen LogP contribution in [0.1, 0.15) is 21.7 Å². The lowest BCUT2D eigenvalue weighted by Crippen LogP contribution is -2.11. The van der Waals surface area contributed by atoms with Gasteiger partial charge in [0, 0.05) is 11.1 Å². The third kappa shape index (κ3) is 2.13. The lowest BCUT2D eigenvalue weighted by Gasteiger charge is -2.10. The predicted octanol–water partition coefficient (Wildman–Crippen LogP) is 3.27. The summed E-state index contributed by atoms with van der Waals surface area (Å²) < 4.78 is 2.06. The first kappa shape index (κ1) is 14.4. The number of carbonyl (C=O) groups is 1. The summed E-state index contributed by atoms with van der Waals surface area (Å²) in [7, 11) is 0. The van der Waals surface area contributed by atoms with Gasteiger partial charge in [-0.25, -0.2) is 9.97 Å². The molecule has 2 heterocycles. The van der Waals surface area contributed by atoms with Crippen molar-refractivity contribution in [3.63, 3.8) is 0 Å². The summed E-state index contributed by atoms with van der Waals surface area (Å²) in [4.78, 5) is 20.7. The first-order valence-corrected chi connectivity index (χ1v) is 7.69. The van der Waals surface area contributed by atoms with Gasteiger partial charge >= 0.3 is 0 Å². The Morgan fingerprint density at radius 2 is 1.79 bits per heavy atom. The summed E-state index contributed by atoms with van der Waals surface area (Å²) in [6, 6.07) is 13.5. The molecule has 0 saturated heterocycles. The molecule has 5 heteroatoms. The molecule has 4 rings (SSSR count). The van der Waals surface area contributed by atoms with E-state index in [2.05, 4.69) is 28.4 Å². The minimum atomic E-state index is -0.460. The zero-order valence-electron chi connectivity index (χ0n) is 13.4. The van der Waals surface area contributed by atoms with E-state index in [9.17, 15) is 4.79 Å². The number of hydrogen-bond acceptors (Lipinski definition) is 3. The van der Waals surface area contributed by atoms with Gasteiger partial charge in [0.1, 0.15) is 5.82 Å². The van der Waals surface area contributed by atoms with Gasteiger partial charge in [0.2, 0.25) is 5.91 Å². The average molecular weight is 316 g/mol. The van der Waals surface area contributed by atoms with Crippen LogP contribution in [0.3, 0.4) is 0 Å². The zero-order valence-corrected chi connectivity index (χ0v) is 13.4. The molecule has 0 aliphatic rings. The van der Waals surface area contributed by atoms with E-state index in [4.69, 9.17) is 10.7 Å². The van der Waals surface area contributed by atoms with Crippen molar-refractivity contribution in [2.45, 2.75) is 13.8 Å². The van der Waals surface area contributed by atoms with Crippen LogP contribution in [0.5, 0.6) is 0 Å². The summed E-state index contributed by atoms with van der Waals surface area (Å²) in [5.41, 5.74) is 11.5. The number of aryl methyl sites for hydroxylation is 2. The number of nitrogens with two attached hydrogens (primary N) is 1. The van der Waals surface area contributed by atoms with Gasteiger partial charge in [-0.2, -0.15) is 0 Å². The molecule has 0 aliphatic carbocycles. The molecule has 0 saturated carbocycles. The molecule has 118 valence electrons. The molecule has 24 heavy (non-hydrogen) atoms. The molecule has 0 radical (unpaired) electrons. The molecular formula is C19H16N4O. The lowest BCUT2D eigenvalue weighted by atomic mass is 10.1. The van der Waals surface area contributed by atoms with Crippen LogP contribution in [-0.2, 0) is 0 Å². The number of primary amides is 1. The maximum absolute atomic E-state index is 11.5. The SMILES string of the molecule is Cc1ccc(-c2nc3cc(C(N)=O)ccc3n3c(C)ncc23)cc1. The quantitative estimate of drug-likeness (QED) is 0.617. The fraction of sp³-hybridized carbons (Fsp3) is 0.105. The molecule has 4 aromatic rings. The van der Waals surface area contributed by atoms with Crippen molar-refractivity contribution in [3.8, 4) is 11.3 Å². The highest BCUT2D eigenvalue weighted by Crippen LogP contribution is 2.28. The molecule has 1 amide bonds. The molecule has 2 N–H and O–H groups in total. The topological polar surface area (TPSA) is 73.3 Å². The summed E-state index contributed by atoms with van der Waals surface area (Å²) >= 11 is 0. The molecule has 0 bridgehead atoms. The summed E-state index contributed by atoms with van der Waals surface area (Å²) in [5.74, 6) is 0.413. The fourth-order valence-electron chi connectivity index (χ4n) is 2.97. The summed E-state index contributed by atoms with van der Waals surface area (Å²) in [5, 5.41) is 0. The van der Waals surface area contributed by atoms with Gasteiger partial charge in [-0.1, -0.05) is 29.8 Å². The first-order valence-electron chi connectivity index (χ1n) is 7.69. The van der Waals surface area contributed by atoms with E-state index in [1.807, 2.05) is 31.3 Å². The van der Waals surface area contributed by atoms with Gasteiger partial charge in [0.05, 0.1) is 28.4 Å². The highest BCUT2D eigenvalue weighted by atomic mass is 16.1. The van der Waals surface area contributed by atoms with E-state index in [1.165, 1.54) is 5.56 Å². The third-order valence-electron chi connectivity index (χ3n) is 4.24. The molecule has 0 spiro atoms. The second kappa shape index (κ2) is 5.16. The molecule has 0 fully saturated rings. The van der Waals surface area contributed by atoms with E-state index in [0.29, 0.717) is 5.56 Å². The van der Waals surface area contributed by atoms with Crippen LogP contribution in [0, 0.1) is 13.8 Å². The summed E-state index contributed by atoms with van der Waals surface area (Å²) in [6.45, 7) is 4.00. The van der Waals surface area contributed by atoms with E-state index < -0.39 is 5.91 Å². The highest BCUT2D eigenvalue weighted by molar-refractivity contribution is 5.97. The minimum Gasteiger partial charge on any atom is -0.366 e. The van der Waals surface area contributed by atoms with E-state index in [0.717, 1.165) is 33.6 Å². The van der Waals surface area contributed by atoms with Gasteiger partial charge in [-0.3, -0.25) is 9.20 Å². The van der Waals surface area contributed by atoms with Crippen molar-refractivity contribution in [1.82, 2.24) is 14.4 Å². The first-order chi connectivity index (χ1) is 11.5. The highest BCUT2D eigenvalue weighted by Gasteiger charge is 2.14. The van der Waals surface area contributed by atoms with Crippen LogP contribution in [0.25, 0.3) is 27.8 Å². The Bertz CT molecular complexity index is 1090. The number of amides is 1. The molecule has 0 unspecified atom stereocenters. The van der Waals surface area contributed by atoms with E-state index in [-0.39, 0.29) is 0 Å². The van der Waals surface area contributed by atoms with Gasteiger partial charge in [-0.05, 0) is 32.0 Å². The number of imidazole rings is 1. The summed E-state index contributed by atoms with van der Waals surface area (Å²) in [6.07, 6.45) is 1.83. The Morgan fingerprint density at radius 3 is 2.50 bits per heavy atom. The molecule has 2 aromatic heterocycles. The fourth-order valence-corrected chi connectivity index (χ4v) is 2.97. The van der Waals surface area contributed by atoms with Crippen LogP contribution in [0.15, 0.2) is 48.7 Å². The standard InChI is InChI=1S/C19H16N4O/c1-11-3-5-13(6-4-11)18-17-10-21-12(2)23(17)16-8-7-14(19(20)24)9-15(16)22-18/h3-10H,1-2H3,(H2,20,24). The van der Waals surface area contributed by atoms with Gasteiger partial charge < -0.3 is 5.73 Å². The molecule has 0 atom stereocenters. The van der Waals surface area contributed by atoms with Crippen molar-refractivity contribution in [2.24, 2.45) is 5.73 Å². The van der Waals surface area contributed by atoms with Crippen molar-refractivity contribution in [1.29, 1.82) is 0 Å². The maximum Gasteiger partial charge on any atom is 0.248 e. The van der Waals surface area contributed by atoms with Crippen LogP contribution in [0.2, 0.25) is 0 Å². The smallest absolute Gasteiger partial charge is 0.248 e. The number of hydrogen-bond donors (Lipinski definition) is 1. The Kier molecular flexibility index (Phi) is 3.09. The van der Waals surface area contributed by atoms with Crippen molar-refractivity contribution in [3.05, 3.63) is 65.6 Å². The van der Waals surface area contributed by atoms with Crippen LogP contribution in [-0.4, -0.2) is 20.3 Å². The predicted molar refractivity (Wildman–Crippen MR) is 93.9 cm³/mol. The van der Waals surface area contributed by atoms with Crippen molar-refractivity contribution >= 4 is 22.5 Å². The minimum absolute atomic E-state index is 0.446. The lowest BCUT2D eigenvalue weighted by molar-refractivity contribution is 0.100. The monoisotopic (exact) mass is 316 g/mol. The number of aromatic nitrogens is 3. The number of carbonyl (C=O) groups excluding carboxylic acids is 1. The largest absolute Gasteiger partial charge is 0.366 e. The van der Waals surface area contributed by atoms with Gasteiger partial charge in [0.25, 0.3) is 0 Å².